The first kappa shape index (κ1) is 10.2. The summed E-state index contributed by atoms with van der Waals surface area (Å²) in [6, 6.07) is 7.85. The predicted octanol–water partition coefficient (Wildman–Crippen LogP) is 1.67. The smallest absolute Gasteiger partial charge is 0.234 e. The minimum atomic E-state index is 0.776. The van der Waals surface area contributed by atoms with E-state index in [0.717, 1.165) is 33.5 Å². The molecule has 2 heterocycles. The Morgan fingerprint density at radius 3 is 3.00 bits per heavy atom. The van der Waals surface area contributed by atoms with E-state index in [0.29, 0.717) is 0 Å². The summed E-state index contributed by atoms with van der Waals surface area (Å²) in [4.78, 5) is 0.835. The van der Waals surface area contributed by atoms with E-state index in [4.69, 9.17) is 5.73 Å². The predicted molar refractivity (Wildman–Crippen MR) is 67.1 cm³/mol. The molecule has 86 valence electrons. The summed E-state index contributed by atoms with van der Waals surface area (Å²) in [6.07, 6.45) is 0.776. The van der Waals surface area contributed by atoms with Crippen molar-refractivity contribution in [3.8, 4) is 0 Å². The van der Waals surface area contributed by atoms with Crippen LogP contribution in [0.5, 0.6) is 0 Å². The average Bonchev–Trinajstić information content (AvgIpc) is 2.82. The van der Waals surface area contributed by atoms with E-state index >= 15 is 0 Å². The van der Waals surface area contributed by atoms with Crippen molar-refractivity contribution in [3.05, 3.63) is 40.7 Å². The molecular weight excluding hydrogens is 234 g/mol. The second-order valence-corrected chi connectivity index (χ2v) is 4.90. The van der Waals surface area contributed by atoms with Crippen LogP contribution in [0.4, 0.5) is 5.69 Å². The number of rotatable bonds is 2. The van der Waals surface area contributed by atoms with Gasteiger partial charge in [0.2, 0.25) is 4.96 Å². The van der Waals surface area contributed by atoms with Gasteiger partial charge in [-0.15, -0.1) is 10.2 Å². The largest absolute Gasteiger partial charge is 0.399 e. The Morgan fingerprint density at radius 2 is 2.24 bits per heavy atom. The van der Waals surface area contributed by atoms with Gasteiger partial charge in [0.1, 0.15) is 5.01 Å². The highest BCUT2D eigenvalue weighted by Gasteiger charge is 2.08. The topological polar surface area (TPSA) is 69.1 Å². The SMILES string of the molecule is Cc1nnc2sc(Cc3cccc(N)c3)nn12. The third-order valence-corrected chi connectivity index (χ3v) is 3.39. The lowest BCUT2D eigenvalue weighted by atomic mass is 10.1. The molecule has 2 N–H and O–H groups in total. The Hall–Kier alpha value is -1.95. The molecule has 17 heavy (non-hydrogen) atoms. The zero-order chi connectivity index (χ0) is 11.8. The maximum Gasteiger partial charge on any atom is 0.234 e. The van der Waals surface area contributed by atoms with Crippen LogP contribution in [0.3, 0.4) is 0 Å². The second kappa shape index (κ2) is 3.81. The Balaban J connectivity index is 1.94. The molecule has 3 rings (SSSR count). The molecule has 6 heteroatoms. The van der Waals surface area contributed by atoms with E-state index in [1.54, 1.807) is 15.9 Å². The number of aromatic nitrogens is 4. The third-order valence-electron chi connectivity index (χ3n) is 2.50. The highest BCUT2D eigenvalue weighted by Crippen LogP contribution is 2.18. The highest BCUT2D eigenvalue weighted by molar-refractivity contribution is 7.16. The van der Waals surface area contributed by atoms with Crippen LogP contribution in [-0.4, -0.2) is 19.8 Å². The number of hydrogen-bond acceptors (Lipinski definition) is 5. The summed E-state index contributed by atoms with van der Waals surface area (Å²) in [5.74, 6) is 0.815. The molecule has 3 aromatic rings. The summed E-state index contributed by atoms with van der Waals surface area (Å²) in [5.41, 5.74) is 7.69. The minimum absolute atomic E-state index is 0.776. The average molecular weight is 245 g/mol. The van der Waals surface area contributed by atoms with E-state index in [9.17, 15) is 0 Å². The Labute approximate surface area is 102 Å². The summed E-state index contributed by atoms with van der Waals surface area (Å²) in [7, 11) is 0. The van der Waals surface area contributed by atoms with E-state index in [2.05, 4.69) is 15.3 Å². The number of nitrogens with two attached hydrogens (primary N) is 1. The van der Waals surface area contributed by atoms with Crippen LogP contribution in [0.25, 0.3) is 4.96 Å². The van der Waals surface area contributed by atoms with Crippen molar-refractivity contribution in [2.24, 2.45) is 0 Å². The highest BCUT2D eigenvalue weighted by atomic mass is 32.1. The van der Waals surface area contributed by atoms with Crippen molar-refractivity contribution in [2.45, 2.75) is 13.3 Å². The Bertz CT molecular complexity index is 669. The van der Waals surface area contributed by atoms with Crippen molar-refractivity contribution in [1.82, 2.24) is 19.8 Å². The zero-order valence-electron chi connectivity index (χ0n) is 9.29. The van der Waals surface area contributed by atoms with Crippen molar-refractivity contribution in [2.75, 3.05) is 5.73 Å². The summed E-state index contributed by atoms with van der Waals surface area (Å²) in [5, 5.41) is 13.5. The standard InChI is InChI=1S/C11H11N5S/c1-7-13-14-11-16(7)15-10(17-11)6-8-3-2-4-9(12)5-8/h2-5H,6,12H2,1H3. The molecule has 0 saturated heterocycles. The molecule has 0 amide bonds. The second-order valence-electron chi connectivity index (χ2n) is 3.86. The molecule has 0 unspecified atom stereocenters. The molecule has 0 aliphatic carbocycles. The molecule has 0 aliphatic heterocycles. The lowest BCUT2D eigenvalue weighted by Gasteiger charge is -1.98. The summed E-state index contributed by atoms with van der Waals surface area (Å²) < 4.78 is 1.77. The van der Waals surface area contributed by atoms with Gasteiger partial charge in [-0.1, -0.05) is 23.5 Å². The number of benzene rings is 1. The van der Waals surface area contributed by atoms with Crippen LogP contribution in [0.15, 0.2) is 24.3 Å². The number of nitrogens with zero attached hydrogens (tertiary/aromatic N) is 4. The number of anilines is 1. The molecule has 0 saturated carbocycles. The van der Waals surface area contributed by atoms with Gasteiger partial charge >= 0.3 is 0 Å². The van der Waals surface area contributed by atoms with E-state index in [1.165, 1.54) is 0 Å². The van der Waals surface area contributed by atoms with E-state index in [-0.39, 0.29) is 0 Å². The van der Waals surface area contributed by atoms with Gasteiger partial charge in [-0.2, -0.15) is 9.61 Å². The van der Waals surface area contributed by atoms with Crippen LogP contribution < -0.4 is 5.73 Å². The zero-order valence-corrected chi connectivity index (χ0v) is 10.1. The van der Waals surface area contributed by atoms with Crippen LogP contribution in [0.2, 0.25) is 0 Å². The van der Waals surface area contributed by atoms with Gasteiger partial charge in [0.15, 0.2) is 5.82 Å². The van der Waals surface area contributed by atoms with Gasteiger partial charge in [-0.25, -0.2) is 0 Å². The first-order chi connectivity index (χ1) is 8.22. The molecule has 0 radical (unpaired) electrons. The van der Waals surface area contributed by atoms with Crippen LogP contribution in [0.1, 0.15) is 16.4 Å². The summed E-state index contributed by atoms with van der Waals surface area (Å²) >= 11 is 1.56. The fraction of sp³-hybridized carbons (Fsp3) is 0.182. The molecule has 0 aliphatic rings. The van der Waals surface area contributed by atoms with E-state index in [1.807, 2.05) is 31.2 Å². The first-order valence-corrected chi connectivity index (χ1v) is 6.06. The summed E-state index contributed by atoms with van der Waals surface area (Å²) in [6.45, 7) is 1.89. The molecule has 5 nitrogen and oxygen atoms in total. The van der Waals surface area contributed by atoms with Crippen LogP contribution in [0, 0.1) is 6.92 Å². The number of nitrogen functional groups attached to an aromatic ring is 1. The Morgan fingerprint density at radius 1 is 1.35 bits per heavy atom. The maximum absolute atomic E-state index is 5.75. The van der Waals surface area contributed by atoms with Crippen molar-refractivity contribution in [1.29, 1.82) is 0 Å². The number of fused-ring (bicyclic) bond motifs is 1. The van der Waals surface area contributed by atoms with Crippen molar-refractivity contribution >= 4 is 22.0 Å². The van der Waals surface area contributed by atoms with Crippen molar-refractivity contribution < 1.29 is 0 Å². The molecule has 0 spiro atoms. The molecule has 2 aromatic heterocycles. The number of hydrogen-bond donors (Lipinski definition) is 1. The monoisotopic (exact) mass is 245 g/mol. The molecule has 0 bridgehead atoms. The quantitative estimate of drug-likeness (QED) is 0.697. The normalized spacial score (nSPS) is 11.1. The molecule has 0 fully saturated rings. The fourth-order valence-corrected chi connectivity index (χ4v) is 2.62. The molecule has 0 atom stereocenters. The third kappa shape index (κ3) is 1.87. The van der Waals surface area contributed by atoms with Gasteiger partial charge in [0.25, 0.3) is 0 Å². The van der Waals surface area contributed by atoms with E-state index < -0.39 is 0 Å². The fourth-order valence-electron chi connectivity index (χ4n) is 1.70. The van der Waals surface area contributed by atoms with Gasteiger partial charge in [0, 0.05) is 12.1 Å². The van der Waals surface area contributed by atoms with Crippen molar-refractivity contribution in [3.63, 3.8) is 0 Å². The number of aryl methyl sites for hydroxylation is 1. The van der Waals surface area contributed by atoms with Gasteiger partial charge in [-0.05, 0) is 24.6 Å². The molecular formula is C11H11N5S. The van der Waals surface area contributed by atoms with Gasteiger partial charge < -0.3 is 5.73 Å². The lowest BCUT2D eigenvalue weighted by Crippen LogP contribution is -1.93. The first-order valence-electron chi connectivity index (χ1n) is 5.24. The van der Waals surface area contributed by atoms with Gasteiger partial charge in [0.05, 0.1) is 0 Å². The van der Waals surface area contributed by atoms with Crippen LogP contribution in [-0.2, 0) is 6.42 Å². The molecule has 1 aromatic carbocycles. The van der Waals surface area contributed by atoms with Crippen LogP contribution >= 0.6 is 11.3 Å². The lowest BCUT2D eigenvalue weighted by molar-refractivity contribution is 0.864. The minimum Gasteiger partial charge on any atom is -0.399 e. The maximum atomic E-state index is 5.75. The van der Waals surface area contributed by atoms with Gasteiger partial charge in [-0.3, -0.25) is 0 Å². The Kier molecular flexibility index (Phi) is 2.29.